The van der Waals surface area contributed by atoms with Crippen molar-refractivity contribution in [2.75, 3.05) is 20.2 Å². The topological polar surface area (TPSA) is 38.2 Å². The maximum absolute atomic E-state index is 5.69. The second kappa shape index (κ2) is 5.57. The lowest BCUT2D eigenvalue weighted by Crippen LogP contribution is -2.36. The van der Waals surface area contributed by atoms with Crippen LogP contribution in [-0.4, -0.2) is 41.4 Å². The van der Waals surface area contributed by atoms with Gasteiger partial charge in [-0.1, -0.05) is 11.6 Å². The largest absolute Gasteiger partial charge is 0.381 e. The number of likely N-dealkylation sites (tertiary alicyclic amines) is 1. The van der Waals surface area contributed by atoms with Gasteiger partial charge in [-0.2, -0.15) is 5.10 Å². The highest BCUT2D eigenvalue weighted by molar-refractivity contribution is 6.29. The Kier molecular flexibility index (Phi) is 4.09. The van der Waals surface area contributed by atoms with Gasteiger partial charge in [0.25, 0.3) is 0 Å². The molecule has 2 rings (SSSR count). The second-order valence-corrected chi connectivity index (χ2v) is 4.45. The van der Waals surface area contributed by atoms with Gasteiger partial charge in [0.2, 0.25) is 0 Å². The maximum Gasteiger partial charge on any atom is 0.151 e. The molecule has 0 radical (unpaired) electrons. The van der Waals surface area contributed by atoms with Crippen LogP contribution in [0.2, 0.25) is 5.15 Å². The fourth-order valence-corrected chi connectivity index (χ4v) is 2.06. The molecule has 0 bridgehead atoms. The molecule has 0 atom stereocenters. The van der Waals surface area contributed by atoms with Gasteiger partial charge in [-0.15, -0.1) is 5.10 Å². The molecule has 1 saturated heterocycles. The van der Waals surface area contributed by atoms with Gasteiger partial charge < -0.3 is 4.74 Å². The number of rotatable bonds is 3. The third-order valence-electron chi connectivity index (χ3n) is 2.94. The smallest absolute Gasteiger partial charge is 0.151 e. The van der Waals surface area contributed by atoms with E-state index in [1.54, 1.807) is 13.2 Å². The number of ether oxygens (including phenoxy) is 1. The maximum atomic E-state index is 5.69. The van der Waals surface area contributed by atoms with Crippen LogP contribution in [0.15, 0.2) is 12.1 Å². The molecule has 1 aliphatic rings. The van der Waals surface area contributed by atoms with Gasteiger partial charge in [-0.3, -0.25) is 4.90 Å². The van der Waals surface area contributed by atoms with Crippen molar-refractivity contribution in [3.8, 4) is 0 Å². The molecule has 0 spiro atoms. The summed E-state index contributed by atoms with van der Waals surface area (Å²) in [5, 5.41) is 8.34. The third-order valence-corrected chi connectivity index (χ3v) is 3.14. The van der Waals surface area contributed by atoms with Crippen LogP contribution in [0.25, 0.3) is 0 Å². The molecule has 1 fully saturated rings. The Morgan fingerprint density at radius 3 is 2.69 bits per heavy atom. The Bertz CT molecular complexity index is 323. The monoisotopic (exact) mass is 241 g/mol. The van der Waals surface area contributed by atoms with Crippen molar-refractivity contribution < 1.29 is 4.74 Å². The zero-order chi connectivity index (χ0) is 11.4. The van der Waals surface area contributed by atoms with E-state index in [-0.39, 0.29) is 0 Å². The summed E-state index contributed by atoms with van der Waals surface area (Å²) in [6.45, 7) is 2.96. The Labute approximate surface area is 101 Å². The zero-order valence-electron chi connectivity index (χ0n) is 9.40. The molecule has 0 aromatic carbocycles. The molecule has 1 aliphatic heterocycles. The quantitative estimate of drug-likeness (QED) is 0.808. The third kappa shape index (κ3) is 3.14. The number of hydrogen-bond acceptors (Lipinski definition) is 4. The molecule has 16 heavy (non-hydrogen) atoms. The molecular weight excluding hydrogens is 226 g/mol. The van der Waals surface area contributed by atoms with Crippen molar-refractivity contribution >= 4 is 11.6 Å². The summed E-state index contributed by atoms with van der Waals surface area (Å²) in [4.78, 5) is 2.37. The molecule has 1 aromatic rings. The highest BCUT2D eigenvalue weighted by Gasteiger charge is 2.18. The van der Waals surface area contributed by atoms with Crippen LogP contribution in [-0.2, 0) is 11.3 Å². The summed E-state index contributed by atoms with van der Waals surface area (Å²) in [5.41, 5.74) is 0.972. The van der Waals surface area contributed by atoms with Crippen molar-refractivity contribution in [3.05, 3.63) is 23.0 Å². The lowest BCUT2D eigenvalue weighted by Gasteiger charge is -2.30. The van der Waals surface area contributed by atoms with E-state index in [4.69, 9.17) is 16.3 Å². The van der Waals surface area contributed by atoms with Crippen LogP contribution in [0.4, 0.5) is 0 Å². The van der Waals surface area contributed by atoms with Gasteiger partial charge in [0, 0.05) is 26.7 Å². The number of piperidine rings is 1. The molecule has 2 heterocycles. The van der Waals surface area contributed by atoms with Gasteiger partial charge in [-0.05, 0) is 25.0 Å². The van der Waals surface area contributed by atoms with Crippen molar-refractivity contribution in [1.29, 1.82) is 0 Å². The van der Waals surface area contributed by atoms with Crippen LogP contribution in [0, 0.1) is 0 Å². The van der Waals surface area contributed by atoms with Gasteiger partial charge in [-0.25, -0.2) is 0 Å². The van der Waals surface area contributed by atoms with Gasteiger partial charge in [0.15, 0.2) is 5.15 Å². The van der Waals surface area contributed by atoms with Crippen LogP contribution in [0.3, 0.4) is 0 Å². The van der Waals surface area contributed by atoms with E-state index in [0.717, 1.165) is 38.2 Å². The molecule has 0 unspecified atom stereocenters. The molecule has 0 amide bonds. The second-order valence-electron chi connectivity index (χ2n) is 4.06. The van der Waals surface area contributed by atoms with Crippen molar-refractivity contribution in [2.45, 2.75) is 25.5 Å². The summed E-state index contributed by atoms with van der Waals surface area (Å²) < 4.78 is 5.33. The SMILES string of the molecule is COC1CCN(Cc2ccc(Cl)nn2)CC1. The molecule has 0 saturated carbocycles. The summed E-state index contributed by atoms with van der Waals surface area (Å²) >= 11 is 5.69. The van der Waals surface area contributed by atoms with E-state index in [1.165, 1.54) is 0 Å². The Morgan fingerprint density at radius 2 is 2.12 bits per heavy atom. The summed E-state index contributed by atoms with van der Waals surface area (Å²) in [6.07, 6.45) is 2.61. The highest BCUT2D eigenvalue weighted by atomic mass is 35.5. The molecule has 4 nitrogen and oxygen atoms in total. The van der Waals surface area contributed by atoms with Gasteiger partial charge in [0.05, 0.1) is 11.8 Å². The van der Waals surface area contributed by atoms with Crippen LogP contribution >= 0.6 is 11.6 Å². The van der Waals surface area contributed by atoms with Crippen LogP contribution in [0.1, 0.15) is 18.5 Å². The first-order valence-corrected chi connectivity index (χ1v) is 5.89. The summed E-state index contributed by atoms with van der Waals surface area (Å²) in [6, 6.07) is 3.71. The van der Waals surface area contributed by atoms with Crippen LogP contribution < -0.4 is 0 Å². The fraction of sp³-hybridized carbons (Fsp3) is 0.636. The number of aromatic nitrogens is 2. The van der Waals surface area contributed by atoms with Crippen LogP contribution in [0.5, 0.6) is 0 Å². The Morgan fingerprint density at radius 1 is 1.38 bits per heavy atom. The van der Waals surface area contributed by atoms with Crippen molar-refractivity contribution in [3.63, 3.8) is 0 Å². The average Bonchev–Trinajstić information content (AvgIpc) is 2.33. The normalized spacial score (nSPS) is 18.9. The standard InChI is InChI=1S/C11H16ClN3O/c1-16-10-4-6-15(7-5-10)8-9-2-3-11(12)14-13-9/h2-3,10H,4-8H2,1H3. The highest BCUT2D eigenvalue weighted by Crippen LogP contribution is 2.14. The lowest BCUT2D eigenvalue weighted by molar-refractivity contribution is 0.0384. The minimum absolute atomic E-state index is 0.424. The first-order valence-electron chi connectivity index (χ1n) is 5.51. The van der Waals surface area contributed by atoms with E-state index in [9.17, 15) is 0 Å². The molecular formula is C11H16ClN3O. The Hall–Kier alpha value is -0.710. The summed E-state index contributed by atoms with van der Waals surface area (Å²) in [5.74, 6) is 0. The zero-order valence-corrected chi connectivity index (χ0v) is 10.2. The van der Waals surface area contributed by atoms with Crippen molar-refractivity contribution in [1.82, 2.24) is 15.1 Å². The lowest BCUT2D eigenvalue weighted by atomic mass is 10.1. The van der Waals surface area contributed by atoms with E-state index in [2.05, 4.69) is 15.1 Å². The van der Waals surface area contributed by atoms with E-state index in [0.29, 0.717) is 11.3 Å². The first-order chi connectivity index (χ1) is 7.78. The summed E-state index contributed by atoms with van der Waals surface area (Å²) in [7, 11) is 1.78. The predicted octanol–water partition coefficient (Wildman–Crippen LogP) is 1.74. The number of methoxy groups -OCH3 is 1. The first kappa shape index (κ1) is 11.8. The minimum Gasteiger partial charge on any atom is -0.381 e. The molecule has 5 heteroatoms. The number of hydrogen-bond donors (Lipinski definition) is 0. The molecule has 0 N–H and O–H groups in total. The Balaban J connectivity index is 1.84. The number of nitrogens with zero attached hydrogens (tertiary/aromatic N) is 3. The predicted molar refractivity (Wildman–Crippen MR) is 62.4 cm³/mol. The molecule has 1 aromatic heterocycles. The van der Waals surface area contributed by atoms with Gasteiger partial charge in [0.1, 0.15) is 0 Å². The molecule has 88 valence electrons. The minimum atomic E-state index is 0.424. The number of halogens is 1. The molecule has 0 aliphatic carbocycles. The van der Waals surface area contributed by atoms with Crippen molar-refractivity contribution in [2.24, 2.45) is 0 Å². The fourth-order valence-electron chi connectivity index (χ4n) is 1.96. The van der Waals surface area contributed by atoms with E-state index >= 15 is 0 Å². The van der Waals surface area contributed by atoms with Gasteiger partial charge >= 0.3 is 0 Å². The average molecular weight is 242 g/mol. The van der Waals surface area contributed by atoms with E-state index in [1.807, 2.05) is 6.07 Å². The van der Waals surface area contributed by atoms with E-state index < -0.39 is 0 Å².